The van der Waals surface area contributed by atoms with Crippen molar-refractivity contribution in [1.82, 2.24) is 14.6 Å². The van der Waals surface area contributed by atoms with Crippen molar-refractivity contribution in [3.05, 3.63) is 24.4 Å². The van der Waals surface area contributed by atoms with Gasteiger partial charge in [0.25, 0.3) is 0 Å². The van der Waals surface area contributed by atoms with Gasteiger partial charge in [0.1, 0.15) is 0 Å². The zero-order chi connectivity index (χ0) is 9.97. The smallest absolute Gasteiger partial charge is 0.243 e. The molecule has 0 aliphatic heterocycles. The maximum absolute atomic E-state index is 4.34. The molecule has 0 radical (unpaired) electrons. The fraction of sp³-hybridized carbons (Fsp3) is 0.400. The average Bonchev–Trinajstić information content (AvgIpc) is 2.59. The molecular formula is C10H14N4. The van der Waals surface area contributed by atoms with E-state index >= 15 is 0 Å². The topological polar surface area (TPSA) is 42.2 Å². The number of hydrogen-bond acceptors (Lipinski definition) is 3. The van der Waals surface area contributed by atoms with E-state index in [2.05, 4.69) is 29.2 Å². The fourth-order valence-electron chi connectivity index (χ4n) is 1.22. The van der Waals surface area contributed by atoms with Gasteiger partial charge in [-0.05, 0) is 25.5 Å². The first-order valence-electron chi connectivity index (χ1n) is 4.87. The minimum absolute atomic E-state index is 0.410. The molecule has 0 fully saturated rings. The van der Waals surface area contributed by atoms with E-state index in [1.165, 1.54) is 0 Å². The molecule has 0 saturated carbocycles. The number of pyridine rings is 1. The Kier molecular flexibility index (Phi) is 2.35. The summed E-state index contributed by atoms with van der Waals surface area (Å²) in [6.07, 6.45) is 2.96. The van der Waals surface area contributed by atoms with Gasteiger partial charge >= 0.3 is 0 Å². The molecule has 2 rings (SSSR count). The molecule has 74 valence electrons. The third-order valence-corrected chi connectivity index (χ3v) is 2.23. The molecule has 0 aliphatic carbocycles. The van der Waals surface area contributed by atoms with Crippen molar-refractivity contribution < 1.29 is 0 Å². The molecule has 0 saturated heterocycles. The van der Waals surface area contributed by atoms with E-state index in [9.17, 15) is 0 Å². The molecule has 1 N–H and O–H groups in total. The lowest BCUT2D eigenvalue weighted by molar-refractivity contribution is 0.751. The lowest BCUT2D eigenvalue weighted by Gasteiger charge is -2.07. The van der Waals surface area contributed by atoms with Crippen LogP contribution in [0, 0.1) is 0 Å². The highest BCUT2D eigenvalue weighted by Crippen LogP contribution is 2.06. The molecule has 2 aromatic rings. The minimum atomic E-state index is 0.410. The summed E-state index contributed by atoms with van der Waals surface area (Å²) in [7, 11) is 0. The number of hydrogen-bond donors (Lipinski definition) is 1. The number of rotatable bonds is 3. The van der Waals surface area contributed by atoms with Crippen LogP contribution in [-0.2, 0) is 0 Å². The number of fused-ring (bicyclic) bond motifs is 1. The summed E-state index contributed by atoms with van der Waals surface area (Å²) in [5.74, 6) is 0.700. The Bertz CT molecular complexity index is 388. The largest absolute Gasteiger partial charge is 0.350 e. The molecular weight excluding hydrogens is 176 g/mol. The van der Waals surface area contributed by atoms with Crippen molar-refractivity contribution in [3.8, 4) is 0 Å². The first kappa shape index (κ1) is 8.99. The molecule has 4 heteroatoms. The lowest BCUT2D eigenvalue weighted by atomic mass is 10.3. The van der Waals surface area contributed by atoms with Gasteiger partial charge in [-0.25, -0.2) is 4.52 Å². The van der Waals surface area contributed by atoms with E-state index in [1.807, 2.05) is 24.4 Å². The fourth-order valence-corrected chi connectivity index (χ4v) is 1.22. The minimum Gasteiger partial charge on any atom is -0.350 e. The van der Waals surface area contributed by atoms with Crippen LogP contribution in [0.4, 0.5) is 5.95 Å². The zero-order valence-corrected chi connectivity index (χ0v) is 8.44. The Balaban J connectivity index is 2.27. The maximum Gasteiger partial charge on any atom is 0.243 e. The van der Waals surface area contributed by atoms with Crippen LogP contribution in [0.25, 0.3) is 5.65 Å². The van der Waals surface area contributed by atoms with Gasteiger partial charge in [0.15, 0.2) is 5.65 Å². The summed E-state index contributed by atoms with van der Waals surface area (Å²) in [6.45, 7) is 4.25. The molecule has 0 aromatic carbocycles. The predicted molar refractivity (Wildman–Crippen MR) is 56.4 cm³/mol. The van der Waals surface area contributed by atoms with Gasteiger partial charge in [-0.3, -0.25) is 0 Å². The van der Waals surface area contributed by atoms with Crippen LogP contribution in [0.3, 0.4) is 0 Å². The number of nitrogens with one attached hydrogen (secondary N) is 1. The SMILES string of the molecule is CCC(C)Nc1nc2ccccn2n1. The van der Waals surface area contributed by atoms with Gasteiger partial charge < -0.3 is 5.32 Å². The second-order valence-corrected chi connectivity index (χ2v) is 3.39. The first-order valence-corrected chi connectivity index (χ1v) is 4.87. The summed E-state index contributed by atoms with van der Waals surface area (Å²) in [5, 5.41) is 7.53. The molecule has 14 heavy (non-hydrogen) atoms. The monoisotopic (exact) mass is 190 g/mol. The van der Waals surface area contributed by atoms with Crippen molar-refractivity contribution in [3.63, 3.8) is 0 Å². The number of aromatic nitrogens is 3. The van der Waals surface area contributed by atoms with Crippen LogP contribution in [0.5, 0.6) is 0 Å². The van der Waals surface area contributed by atoms with E-state index < -0.39 is 0 Å². The average molecular weight is 190 g/mol. The highest BCUT2D eigenvalue weighted by molar-refractivity contribution is 5.43. The van der Waals surface area contributed by atoms with E-state index in [-0.39, 0.29) is 0 Å². The van der Waals surface area contributed by atoms with E-state index in [4.69, 9.17) is 0 Å². The highest BCUT2D eigenvalue weighted by Gasteiger charge is 2.04. The normalized spacial score (nSPS) is 13.0. The van der Waals surface area contributed by atoms with Gasteiger partial charge in [0.2, 0.25) is 5.95 Å². The second-order valence-electron chi connectivity index (χ2n) is 3.39. The zero-order valence-electron chi connectivity index (χ0n) is 8.44. The van der Waals surface area contributed by atoms with Crippen LogP contribution < -0.4 is 5.32 Å². The van der Waals surface area contributed by atoms with Gasteiger partial charge in [-0.1, -0.05) is 13.0 Å². The molecule has 0 spiro atoms. The van der Waals surface area contributed by atoms with Crippen LogP contribution >= 0.6 is 0 Å². The van der Waals surface area contributed by atoms with E-state index in [0.717, 1.165) is 12.1 Å². The van der Waals surface area contributed by atoms with Crippen molar-refractivity contribution in [2.75, 3.05) is 5.32 Å². The molecule has 4 nitrogen and oxygen atoms in total. The quantitative estimate of drug-likeness (QED) is 0.804. The summed E-state index contributed by atoms with van der Waals surface area (Å²) < 4.78 is 1.77. The summed E-state index contributed by atoms with van der Waals surface area (Å²) in [5.41, 5.74) is 0.873. The van der Waals surface area contributed by atoms with Crippen LogP contribution in [0.2, 0.25) is 0 Å². The van der Waals surface area contributed by atoms with Gasteiger partial charge in [0, 0.05) is 12.2 Å². The van der Waals surface area contributed by atoms with Gasteiger partial charge in [-0.2, -0.15) is 4.98 Å². The summed E-state index contributed by atoms with van der Waals surface area (Å²) in [4.78, 5) is 4.34. The Morgan fingerprint density at radius 3 is 3.07 bits per heavy atom. The molecule has 2 heterocycles. The Morgan fingerprint density at radius 2 is 2.36 bits per heavy atom. The molecule has 0 amide bonds. The van der Waals surface area contributed by atoms with Crippen molar-refractivity contribution in [2.24, 2.45) is 0 Å². The van der Waals surface area contributed by atoms with Gasteiger partial charge in [0.05, 0.1) is 0 Å². The molecule has 2 aromatic heterocycles. The molecule has 0 aliphatic rings. The first-order chi connectivity index (χ1) is 6.79. The van der Waals surface area contributed by atoms with Crippen molar-refractivity contribution in [1.29, 1.82) is 0 Å². The number of nitrogens with zero attached hydrogens (tertiary/aromatic N) is 3. The van der Waals surface area contributed by atoms with Crippen molar-refractivity contribution in [2.45, 2.75) is 26.3 Å². The maximum atomic E-state index is 4.34. The summed E-state index contributed by atoms with van der Waals surface area (Å²) in [6, 6.07) is 6.24. The lowest BCUT2D eigenvalue weighted by Crippen LogP contribution is -2.14. The third-order valence-electron chi connectivity index (χ3n) is 2.23. The second kappa shape index (κ2) is 3.65. The Hall–Kier alpha value is -1.58. The molecule has 0 bridgehead atoms. The number of anilines is 1. The molecule has 1 atom stereocenters. The van der Waals surface area contributed by atoms with Gasteiger partial charge in [-0.15, -0.1) is 5.10 Å². The third kappa shape index (κ3) is 1.69. The standard InChI is InChI=1S/C10H14N4/c1-3-8(2)11-10-12-9-6-4-5-7-14(9)13-10/h4-8H,3H2,1-2H3,(H,11,13). The summed E-state index contributed by atoms with van der Waals surface area (Å²) >= 11 is 0. The van der Waals surface area contributed by atoms with E-state index in [0.29, 0.717) is 12.0 Å². The Labute approximate surface area is 83.0 Å². The van der Waals surface area contributed by atoms with E-state index in [1.54, 1.807) is 4.52 Å². The van der Waals surface area contributed by atoms with Crippen LogP contribution in [-0.4, -0.2) is 20.6 Å². The van der Waals surface area contributed by atoms with Crippen molar-refractivity contribution >= 4 is 11.6 Å². The predicted octanol–water partition coefficient (Wildman–Crippen LogP) is 1.94. The highest BCUT2D eigenvalue weighted by atomic mass is 15.3. The Morgan fingerprint density at radius 1 is 1.50 bits per heavy atom. The van der Waals surface area contributed by atoms with Crippen LogP contribution in [0.1, 0.15) is 20.3 Å². The van der Waals surface area contributed by atoms with Crippen LogP contribution in [0.15, 0.2) is 24.4 Å². The molecule has 1 unspecified atom stereocenters.